The van der Waals surface area contributed by atoms with Gasteiger partial charge in [0.1, 0.15) is 5.78 Å². The van der Waals surface area contributed by atoms with Crippen LogP contribution in [0.4, 0.5) is 0 Å². The number of aryl methyl sites for hydroxylation is 1. The quantitative estimate of drug-likeness (QED) is 0.826. The molecule has 1 fully saturated rings. The summed E-state index contributed by atoms with van der Waals surface area (Å²) in [5.74, 6) is 0.342. The van der Waals surface area contributed by atoms with Crippen molar-refractivity contribution in [3.63, 3.8) is 0 Å². The Hall–Kier alpha value is -1.64. The van der Waals surface area contributed by atoms with Crippen molar-refractivity contribution in [3.8, 4) is 0 Å². The van der Waals surface area contributed by atoms with Crippen molar-refractivity contribution in [2.45, 2.75) is 39.7 Å². The van der Waals surface area contributed by atoms with Crippen LogP contribution in [0.25, 0.3) is 10.9 Å². The Balaban J connectivity index is 1.99. The highest BCUT2D eigenvalue weighted by Gasteiger charge is 2.44. The van der Waals surface area contributed by atoms with Crippen molar-refractivity contribution >= 4 is 16.7 Å². The smallest absolute Gasteiger partial charge is 0.144 e. The van der Waals surface area contributed by atoms with Gasteiger partial charge in [0.25, 0.3) is 0 Å². The molecule has 18 heavy (non-hydrogen) atoms. The van der Waals surface area contributed by atoms with Crippen molar-refractivity contribution in [1.82, 2.24) is 9.78 Å². The fourth-order valence-electron chi connectivity index (χ4n) is 2.40. The van der Waals surface area contributed by atoms with E-state index in [1.165, 1.54) is 0 Å². The van der Waals surface area contributed by atoms with E-state index < -0.39 is 0 Å². The Labute approximate surface area is 107 Å². The SMILES string of the molecule is CCn1nc(CC(=O)C2(C)CC2)c2ccccc21. The summed E-state index contributed by atoms with van der Waals surface area (Å²) in [4.78, 5) is 12.2. The molecule has 1 aliphatic carbocycles. The summed E-state index contributed by atoms with van der Waals surface area (Å²) in [5.41, 5.74) is 2.01. The molecule has 3 heteroatoms. The second-order valence-electron chi connectivity index (χ2n) is 5.44. The fourth-order valence-corrected chi connectivity index (χ4v) is 2.40. The van der Waals surface area contributed by atoms with Gasteiger partial charge in [-0.3, -0.25) is 9.48 Å². The largest absolute Gasteiger partial charge is 0.299 e. The molecule has 1 heterocycles. The average Bonchev–Trinajstić information content (AvgIpc) is 3.04. The molecule has 0 unspecified atom stereocenters. The Kier molecular flexibility index (Phi) is 2.51. The molecule has 0 amide bonds. The number of fused-ring (bicyclic) bond motifs is 1. The average molecular weight is 242 g/mol. The molecule has 94 valence electrons. The maximum atomic E-state index is 12.2. The van der Waals surface area contributed by atoms with Gasteiger partial charge in [-0.2, -0.15) is 5.10 Å². The molecule has 3 nitrogen and oxygen atoms in total. The summed E-state index contributed by atoms with van der Waals surface area (Å²) < 4.78 is 1.98. The van der Waals surface area contributed by atoms with E-state index in [0.717, 1.165) is 36.0 Å². The maximum absolute atomic E-state index is 12.2. The van der Waals surface area contributed by atoms with Gasteiger partial charge in [0.2, 0.25) is 0 Å². The third-order valence-corrected chi connectivity index (χ3v) is 4.04. The number of nitrogens with zero attached hydrogens (tertiary/aromatic N) is 2. The standard InChI is InChI=1S/C15H18N2O/c1-3-17-13-7-5-4-6-11(13)12(16-17)10-14(18)15(2)8-9-15/h4-7H,3,8-10H2,1-2H3. The monoisotopic (exact) mass is 242 g/mol. The third kappa shape index (κ3) is 1.74. The van der Waals surface area contributed by atoms with E-state index in [1.54, 1.807) is 0 Å². The van der Waals surface area contributed by atoms with Crippen LogP contribution in [0, 0.1) is 5.41 Å². The van der Waals surface area contributed by atoms with Crippen molar-refractivity contribution in [3.05, 3.63) is 30.0 Å². The first-order valence-corrected chi connectivity index (χ1v) is 6.62. The maximum Gasteiger partial charge on any atom is 0.144 e. The van der Waals surface area contributed by atoms with Gasteiger partial charge < -0.3 is 0 Å². The van der Waals surface area contributed by atoms with Crippen molar-refractivity contribution < 1.29 is 4.79 Å². The van der Waals surface area contributed by atoms with Gasteiger partial charge in [0.05, 0.1) is 17.6 Å². The normalized spacial score (nSPS) is 17.0. The molecular formula is C15H18N2O. The molecule has 3 rings (SSSR count). The first kappa shape index (κ1) is 11.5. The predicted molar refractivity (Wildman–Crippen MR) is 71.5 cm³/mol. The predicted octanol–water partition coefficient (Wildman–Crippen LogP) is 2.97. The number of Topliss-reactive ketones (excluding diaryl/α,β-unsaturated/α-hetero) is 1. The van der Waals surface area contributed by atoms with Gasteiger partial charge in [-0.1, -0.05) is 25.1 Å². The van der Waals surface area contributed by atoms with Crippen LogP contribution in [0.15, 0.2) is 24.3 Å². The second kappa shape index (κ2) is 3.94. The number of aromatic nitrogens is 2. The molecule has 0 spiro atoms. The number of para-hydroxylation sites is 1. The number of carbonyl (C=O) groups is 1. The summed E-state index contributed by atoms with van der Waals surface area (Å²) in [6.07, 6.45) is 2.56. The Morgan fingerprint density at radius 1 is 1.39 bits per heavy atom. The van der Waals surface area contributed by atoms with Crippen LogP contribution in [-0.2, 0) is 17.8 Å². The number of ketones is 1. The van der Waals surface area contributed by atoms with Crippen LogP contribution >= 0.6 is 0 Å². The highest BCUT2D eigenvalue weighted by atomic mass is 16.1. The lowest BCUT2D eigenvalue weighted by molar-refractivity contribution is -0.122. The Bertz CT molecular complexity index is 608. The topological polar surface area (TPSA) is 34.9 Å². The number of hydrogen-bond donors (Lipinski definition) is 0. The first-order valence-electron chi connectivity index (χ1n) is 6.62. The zero-order chi connectivity index (χ0) is 12.8. The minimum atomic E-state index is -0.0584. The van der Waals surface area contributed by atoms with Crippen molar-refractivity contribution in [2.75, 3.05) is 0 Å². The summed E-state index contributed by atoms with van der Waals surface area (Å²) in [6, 6.07) is 8.16. The molecule has 1 aliphatic rings. The summed E-state index contributed by atoms with van der Waals surface area (Å²) in [6.45, 7) is 4.98. The van der Waals surface area contributed by atoms with Crippen LogP contribution in [0.3, 0.4) is 0 Å². The molecule has 1 saturated carbocycles. The molecule has 1 aromatic carbocycles. The number of carbonyl (C=O) groups excluding carboxylic acids is 1. The molecule has 0 N–H and O–H groups in total. The zero-order valence-electron chi connectivity index (χ0n) is 10.9. The van der Waals surface area contributed by atoms with E-state index in [-0.39, 0.29) is 5.41 Å². The molecule has 0 aliphatic heterocycles. The minimum absolute atomic E-state index is 0.0584. The number of hydrogen-bond acceptors (Lipinski definition) is 2. The van der Waals surface area contributed by atoms with Crippen molar-refractivity contribution in [2.24, 2.45) is 5.41 Å². The van der Waals surface area contributed by atoms with Crippen LogP contribution in [0.2, 0.25) is 0 Å². The number of benzene rings is 1. The molecule has 0 bridgehead atoms. The van der Waals surface area contributed by atoms with E-state index in [2.05, 4.69) is 31.1 Å². The van der Waals surface area contributed by atoms with E-state index in [0.29, 0.717) is 12.2 Å². The summed E-state index contributed by atoms with van der Waals surface area (Å²) in [7, 11) is 0. The molecule has 1 aromatic heterocycles. The fraction of sp³-hybridized carbons (Fsp3) is 0.467. The molecule has 0 saturated heterocycles. The van der Waals surface area contributed by atoms with Crippen LogP contribution in [-0.4, -0.2) is 15.6 Å². The minimum Gasteiger partial charge on any atom is -0.299 e. The Morgan fingerprint density at radius 2 is 2.11 bits per heavy atom. The lowest BCUT2D eigenvalue weighted by atomic mass is 9.98. The van der Waals surface area contributed by atoms with Crippen LogP contribution in [0.5, 0.6) is 0 Å². The molecule has 0 radical (unpaired) electrons. The van der Waals surface area contributed by atoms with Gasteiger partial charge in [-0.15, -0.1) is 0 Å². The lowest BCUT2D eigenvalue weighted by Gasteiger charge is -2.04. The van der Waals surface area contributed by atoms with Gasteiger partial charge >= 0.3 is 0 Å². The first-order chi connectivity index (χ1) is 8.64. The highest BCUT2D eigenvalue weighted by molar-refractivity contribution is 5.92. The van der Waals surface area contributed by atoms with E-state index in [1.807, 2.05) is 16.8 Å². The number of rotatable bonds is 4. The van der Waals surface area contributed by atoms with Crippen LogP contribution < -0.4 is 0 Å². The zero-order valence-corrected chi connectivity index (χ0v) is 10.9. The van der Waals surface area contributed by atoms with Gasteiger partial charge in [-0.25, -0.2) is 0 Å². The van der Waals surface area contributed by atoms with Gasteiger partial charge in [-0.05, 0) is 25.8 Å². The van der Waals surface area contributed by atoms with Gasteiger partial charge in [0.15, 0.2) is 0 Å². The second-order valence-corrected chi connectivity index (χ2v) is 5.44. The summed E-state index contributed by atoms with van der Waals surface area (Å²) in [5, 5.41) is 5.71. The van der Waals surface area contributed by atoms with Gasteiger partial charge in [0, 0.05) is 17.3 Å². The summed E-state index contributed by atoms with van der Waals surface area (Å²) >= 11 is 0. The molecule has 0 atom stereocenters. The Morgan fingerprint density at radius 3 is 2.78 bits per heavy atom. The van der Waals surface area contributed by atoms with E-state index in [9.17, 15) is 4.79 Å². The van der Waals surface area contributed by atoms with Crippen molar-refractivity contribution in [1.29, 1.82) is 0 Å². The third-order valence-electron chi connectivity index (χ3n) is 4.04. The highest BCUT2D eigenvalue weighted by Crippen LogP contribution is 2.46. The molecule has 2 aromatic rings. The van der Waals surface area contributed by atoms with E-state index >= 15 is 0 Å². The lowest BCUT2D eigenvalue weighted by Crippen LogP contribution is -2.15. The molecular weight excluding hydrogens is 224 g/mol. The van der Waals surface area contributed by atoms with E-state index in [4.69, 9.17) is 0 Å². The van der Waals surface area contributed by atoms with Crippen LogP contribution in [0.1, 0.15) is 32.4 Å².